The molecule has 8 aromatic rings. The molecule has 2 aromatic heterocycles. The summed E-state index contributed by atoms with van der Waals surface area (Å²) >= 11 is 0. The number of para-hydroxylation sites is 4. The van der Waals surface area contributed by atoms with Crippen molar-refractivity contribution in [2.75, 3.05) is 4.90 Å². The SMILES string of the molecule is c1ccc(N(c2ccccc2)c2cc3ccccc3c3oc4ccc(-c5nc6ccccc6o5)cc4c23)cc1. The number of oxazole rings is 1. The van der Waals surface area contributed by atoms with Gasteiger partial charge in [0.15, 0.2) is 5.58 Å². The normalized spacial score (nSPS) is 11.6. The van der Waals surface area contributed by atoms with E-state index in [0.29, 0.717) is 5.89 Å². The lowest BCUT2D eigenvalue weighted by atomic mass is 10.0. The van der Waals surface area contributed by atoms with Crippen molar-refractivity contribution in [2.24, 2.45) is 0 Å². The zero-order chi connectivity index (χ0) is 25.8. The minimum Gasteiger partial charge on any atom is -0.455 e. The van der Waals surface area contributed by atoms with Crippen LogP contribution in [0, 0.1) is 0 Å². The van der Waals surface area contributed by atoms with E-state index in [9.17, 15) is 0 Å². The van der Waals surface area contributed by atoms with Gasteiger partial charge < -0.3 is 13.7 Å². The molecule has 0 bridgehead atoms. The van der Waals surface area contributed by atoms with Crippen LogP contribution in [0.4, 0.5) is 17.1 Å². The third-order valence-corrected chi connectivity index (χ3v) is 7.25. The van der Waals surface area contributed by atoms with Crippen molar-refractivity contribution in [2.45, 2.75) is 0 Å². The molecule has 0 N–H and O–H groups in total. The van der Waals surface area contributed by atoms with Crippen molar-refractivity contribution in [1.82, 2.24) is 4.98 Å². The van der Waals surface area contributed by atoms with E-state index in [0.717, 1.165) is 66.4 Å². The van der Waals surface area contributed by atoms with Crippen LogP contribution in [0.5, 0.6) is 0 Å². The average molecular weight is 503 g/mol. The number of hydrogen-bond acceptors (Lipinski definition) is 4. The van der Waals surface area contributed by atoms with E-state index in [1.807, 2.05) is 48.5 Å². The summed E-state index contributed by atoms with van der Waals surface area (Å²) in [7, 11) is 0. The van der Waals surface area contributed by atoms with Crippen molar-refractivity contribution in [3.8, 4) is 11.5 Å². The third-order valence-electron chi connectivity index (χ3n) is 7.25. The van der Waals surface area contributed by atoms with Gasteiger partial charge in [0.05, 0.1) is 11.1 Å². The monoisotopic (exact) mass is 502 g/mol. The first-order valence-electron chi connectivity index (χ1n) is 13.0. The maximum absolute atomic E-state index is 6.60. The highest BCUT2D eigenvalue weighted by molar-refractivity contribution is 6.22. The Bertz CT molecular complexity index is 2050. The molecule has 0 atom stereocenters. The molecule has 0 saturated carbocycles. The molecule has 0 unspecified atom stereocenters. The van der Waals surface area contributed by atoms with E-state index in [2.05, 4.69) is 89.8 Å². The van der Waals surface area contributed by atoms with E-state index < -0.39 is 0 Å². The van der Waals surface area contributed by atoms with Gasteiger partial charge in [0.1, 0.15) is 16.7 Å². The Morgan fingerprint density at radius 2 is 1.23 bits per heavy atom. The molecule has 4 heteroatoms. The topological polar surface area (TPSA) is 42.4 Å². The fourth-order valence-corrected chi connectivity index (χ4v) is 5.48. The van der Waals surface area contributed by atoms with Gasteiger partial charge in [0, 0.05) is 27.7 Å². The number of anilines is 3. The highest BCUT2D eigenvalue weighted by Crippen LogP contribution is 2.46. The number of fused-ring (bicyclic) bond motifs is 6. The second-order valence-corrected chi connectivity index (χ2v) is 9.63. The van der Waals surface area contributed by atoms with Gasteiger partial charge in [-0.2, -0.15) is 0 Å². The molecule has 0 amide bonds. The first-order chi connectivity index (χ1) is 19.3. The molecular weight excluding hydrogens is 480 g/mol. The summed E-state index contributed by atoms with van der Waals surface area (Å²) < 4.78 is 12.7. The standard InChI is InChI=1S/C35H22N2O2/c1-3-12-25(13-4-1)37(26-14-5-2-6-15-26)30-22-23-11-7-8-16-27(23)34-33(30)28-21-24(19-20-31(28)38-34)35-36-29-17-9-10-18-32(29)39-35/h1-22H. The predicted octanol–water partition coefficient (Wildman–Crippen LogP) is 10.0. The van der Waals surface area contributed by atoms with Crippen LogP contribution >= 0.6 is 0 Å². The van der Waals surface area contributed by atoms with Crippen LogP contribution in [0.2, 0.25) is 0 Å². The molecule has 0 radical (unpaired) electrons. The minimum absolute atomic E-state index is 0.595. The molecule has 0 aliphatic carbocycles. The summed E-state index contributed by atoms with van der Waals surface area (Å²) in [5.41, 5.74) is 7.41. The molecular formula is C35H22N2O2. The molecule has 0 saturated heterocycles. The number of hydrogen-bond donors (Lipinski definition) is 0. The lowest BCUT2D eigenvalue weighted by molar-refractivity contribution is 0.620. The number of benzene rings is 6. The smallest absolute Gasteiger partial charge is 0.227 e. The predicted molar refractivity (Wildman–Crippen MR) is 159 cm³/mol. The molecule has 6 aromatic carbocycles. The summed E-state index contributed by atoms with van der Waals surface area (Å²) in [4.78, 5) is 7.05. The van der Waals surface area contributed by atoms with E-state index in [1.165, 1.54) is 0 Å². The number of furan rings is 1. The fraction of sp³-hybridized carbons (Fsp3) is 0. The molecule has 2 heterocycles. The summed E-state index contributed by atoms with van der Waals surface area (Å²) in [6.45, 7) is 0. The lowest BCUT2D eigenvalue weighted by Gasteiger charge is -2.26. The molecule has 8 rings (SSSR count). The molecule has 0 aliphatic heterocycles. The van der Waals surface area contributed by atoms with E-state index >= 15 is 0 Å². The number of nitrogens with zero attached hydrogens (tertiary/aromatic N) is 2. The maximum Gasteiger partial charge on any atom is 0.227 e. The molecule has 0 fully saturated rings. The van der Waals surface area contributed by atoms with Gasteiger partial charge in [-0.1, -0.05) is 72.8 Å². The van der Waals surface area contributed by atoms with Crippen LogP contribution in [0.25, 0.3) is 55.3 Å². The highest BCUT2D eigenvalue weighted by Gasteiger charge is 2.22. The Morgan fingerprint density at radius 3 is 2.00 bits per heavy atom. The largest absolute Gasteiger partial charge is 0.455 e. The van der Waals surface area contributed by atoms with Gasteiger partial charge in [0.25, 0.3) is 0 Å². The fourth-order valence-electron chi connectivity index (χ4n) is 5.48. The quantitative estimate of drug-likeness (QED) is 0.240. The first-order valence-corrected chi connectivity index (χ1v) is 13.0. The molecule has 0 spiro atoms. The zero-order valence-electron chi connectivity index (χ0n) is 20.9. The Hall–Kier alpha value is -5.35. The summed E-state index contributed by atoms with van der Waals surface area (Å²) in [5.74, 6) is 0.595. The van der Waals surface area contributed by atoms with Gasteiger partial charge in [-0.3, -0.25) is 0 Å². The third kappa shape index (κ3) is 3.50. The van der Waals surface area contributed by atoms with Crippen LogP contribution in [0.15, 0.2) is 142 Å². The lowest BCUT2D eigenvalue weighted by Crippen LogP contribution is -2.10. The second-order valence-electron chi connectivity index (χ2n) is 9.63. The Labute approximate surface area is 224 Å². The Morgan fingerprint density at radius 1 is 0.538 bits per heavy atom. The van der Waals surface area contributed by atoms with Crippen molar-refractivity contribution >= 4 is 60.9 Å². The van der Waals surface area contributed by atoms with Crippen LogP contribution in [0.1, 0.15) is 0 Å². The van der Waals surface area contributed by atoms with Gasteiger partial charge >= 0.3 is 0 Å². The van der Waals surface area contributed by atoms with Crippen LogP contribution in [-0.4, -0.2) is 4.98 Å². The van der Waals surface area contributed by atoms with Crippen molar-refractivity contribution < 1.29 is 8.83 Å². The van der Waals surface area contributed by atoms with Crippen molar-refractivity contribution in [1.29, 1.82) is 0 Å². The van der Waals surface area contributed by atoms with E-state index in [4.69, 9.17) is 13.8 Å². The van der Waals surface area contributed by atoms with Crippen LogP contribution in [0.3, 0.4) is 0 Å². The van der Waals surface area contributed by atoms with Gasteiger partial charge in [0.2, 0.25) is 5.89 Å². The minimum atomic E-state index is 0.595. The zero-order valence-corrected chi connectivity index (χ0v) is 20.9. The maximum atomic E-state index is 6.60. The van der Waals surface area contributed by atoms with Gasteiger partial charge in [-0.15, -0.1) is 0 Å². The first kappa shape index (κ1) is 21.7. The van der Waals surface area contributed by atoms with E-state index in [-0.39, 0.29) is 0 Å². The van der Waals surface area contributed by atoms with Gasteiger partial charge in [-0.25, -0.2) is 4.98 Å². The summed E-state index contributed by atoms with van der Waals surface area (Å²) in [6, 6.07) is 45.6. The summed E-state index contributed by atoms with van der Waals surface area (Å²) in [6.07, 6.45) is 0. The highest BCUT2D eigenvalue weighted by atomic mass is 16.3. The number of rotatable bonds is 4. The summed E-state index contributed by atoms with van der Waals surface area (Å²) in [5, 5.41) is 4.27. The molecule has 0 aliphatic rings. The molecule has 4 nitrogen and oxygen atoms in total. The average Bonchev–Trinajstić information content (AvgIpc) is 3.60. The van der Waals surface area contributed by atoms with Crippen molar-refractivity contribution in [3.63, 3.8) is 0 Å². The molecule has 39 heavy (non-hydrogen) atoms. The van der Waals surface area contributed by atoms with Gasteiger partial charge in [-0.05, 0) is 66.0 Å². The number of aromatic nitrogens is 1. The second kappa shape index (κ2) is 8.61. The molecule has 184 valence electrons. The van der Waals surface area contributed by atoms with E-state index in [1.54, 1.807) is 0 Å². The Kier molecular flexibility index (Phi) is 4.79. The van der Waals surface area contributed by atoms with Crippen LogP contribution in [-0.2, 0) is 0 Å². The Balaban J connectivity index is 1.46. The van der Waals surface area contributed by atoms with Crippen LogP contribution < -0.4 is 4.90 Å². The van der Waals surface area contributed by atoms with Crippen molar-refractivity contribution in [3.05, 3.63) is 133 Å².